The molecule has 2 amide bonds. The summed E-state index contributed by atoms with van der Waals surface area (Å²) in [5.41, 5.74) is 0. The summed E-state index contributed by atoms with van der Waals surface area (Å²) in [5, 5.41) is 11.8. The van der Waals surface area contributed by atoms with Crippen LogP contribution in [0.1, 0.15) is 32.1 Å². The van der Waals surface area contributed by atoms with Gasteiger partial charge in [0, 0.05) is 31.3 Å². The van der Waals surface area contributed by atoms with E-state index in [1.54, 1.807) is 0 Å². The largest absolute Gasteiger partial charge is 0.481 e. The Balaban J connectivity index is 1.75. The number of carbonyl (C=O) groups is 2. The number of piperidine rings is 1. The van der Waals surface area contributed by atoms with Crippen LogP contribution in [0.15, 0.2) is 0 Å². The Morgan fingerprint density at radius 2 is 2.21 bits per heavy atom. The van der Waals surface area contributed by atoms with Gasteiger partial charge in [-0.05, 0) is 37.4 Å². The molecule has 2 N–H and O–H groups in total. The molecule has 0 aliphatic carbocycles. The van der Waals surface area contributed by atoms with Crippen LogP contribution in [0.25, 0.3) is 0 Å². The van der Waals surface area contributed by atoms with Gasteiger partial charge in [0.2, 0.25) is 0 Å². The van der Waals surface area contributed by atoms with Gasteiger partial charge in [0.15, 0.2) is 0 Å². The topological polar surface area (TPSA) is 69.6 Å². The van der Waals surface area contributed by atoms with Crippen LogP contribution in [-0.2, 0) is 4.79 Å². The molecule has 2 rings (SSSR count). The zero-order valence-electron chi connectivity index (χ0n) is 11.1. The zero-order chi connectivity index (χ0) is 13.7. The minimum absolute atomic E-state index is 0.0347. The Morgan fingerprint density at radius 3 is 2.89 bits per heavy atom. The van der Waals surface area contributed by atoms with Gasteiger partial charge in [-0.15, -0.1) is 0 Å². The van der Waals surface area contributed by atoms with Crippen LogP contribution in [0.4, 0.5) is 4.79 Å². The standard InChI is InChI=1S/C13H22N2O3S/c16-12(17)4-3-10-2-1-6-15(8-10)13(18)14-11-5-7-19-9-11/h10-11H,1-9H2,(H,14,18)(H,16,17). The molecule has 2 atom stereocenters. The molecule has 0 radical (unpaired) electrons. The molecule has 19 heavy (non-hydrogen) atoms. The van der Waals surface area contributed by atoms with Crippen LogP contribution in [0, 0.1) is 5.92 Å². The number of hydrogen-bond donors (Lipinski definition) is 2. The number of carboxylic acid groups (broad SMARTS) is 1. The summed E-state index contributed by atoms with van der Waals surface area (Å²) >= 11 is 1.88. The number of nitrogens with one attached hydrogen (secondary N) is 1. The number of nitrogens with zero attached hydrogens (tertiary/aromatic N) is 1. The van der Waals surface area contributed by atoms with Gasteiger partial charge in [-0.25, -0.2) is 4.79 Å². The SMILES string of the molecule is O=C(O)CCC1CCCN(C(=O)NC2CCSC2)C1. The number of carbonyl (C=O) groups excluding carboxylic acids is 1. The fourth-order valence-electron chi connectivity index (χ4n) is 2.73. The molecular formula is C13H22N2O3S. The maximum Gasteiger partial charge on any atom is 0.317 e. The van der Waals surface area contributed by atoms with Crippen LogP contribution >= 0.6 is 11.8 Å². The van der Waals surface area contributed by atoms with Crippen molar-refractivity contribution in [1.82, 2.24) is 10.2 Å². The first-order valence-electron chi connectivity index (χ1n) is 7.00. The molecule has 0 aromatic heterocycles. The van der Waals surface area contributed by atoms with Crippen LogP contribution in [-0.4, -0.2) is 52.6 Å². The first-order valence-corrected chi connectivity index (χ1v) is 8.15. The quantitative estimate of drug-likeness (QED) is 0.826. The molecule has 0 spiro atoms. The number of hydrogen-bond acceptors (Lipinski definition) is 3. The van der Waals surface area contributed by atoms with Crippen molar-refractivity contribution >= 4 is 23.8 Å². The van der Waals surface area contributed by atoms with Crippen LogP contribution < -0.4 is 5.32 Å². The van der Waals surface area contributed by atoms with Crippen molar-refractivity contribution in [2.24, 2.45) is 5.92 Å². The highest BCUT2D eigenvalue weighted by Crippen LogP contribution is 2.22. The van der Waals surface area contributed by atoms with E-state index in [1.807, 2.05) is 16.7 Å². The van der Waals surface area contributed by atoms with Gasteiger partial charge in [0.25, 0.3) is 0 Å². The number of aliphatic carboxylic acids is 1. The lowest BCUT2D eigenvalue weighted by atomic mass is 9.93. The van der Waals surface area contributed by atoms with Gasteiger partial charge in [-0.1, -0.05) is 0 Å². The van der Waals surface area contributed by atoms with Gasteiger partial charge in [0.05, 0.1) is 0 Å². The first kappa shape index (κ1) is 14.5. The third-order valence-electron chi connectivity index (χ3n) is 3.83. The Kier molecular flexibility index (Phi) is 5.36. The minimum Gasteiger partial charge on any atom is -0.481 e. The molecule has 2 aliphatic heterocycles. The van der Waals surface area contributed by atoms with E-state index < -0.39 is 5.97 Å². The maximum absolute atomic E-state index is 12.1. The van der Waals surface area contributed by atoms with Gasteiger partial charge < -0.3 is 15.3 Å². The summed E-state index contributed by atoms with van der Waals surface area (Å²) in [5.74, 6) is 1.74. The zero-order valence-corrected chi connectivity index (χ0v) is 12.0. The molecule has 2 unspecified atom stereocenters. The second-order valence-corrected chi connectivity index (χ2v) is 6.55. The van der Waals surface area contributed by atoms with Crippen LogP contribution in [0.2, 0.25) is 0 Å². The third kappa shape index (κ3) is 4.60. The summed E-state index contributed by atoms with van der Waals surface area (Å²) in [4.78, 5) is 24.6. The van der Waals surface area contributed by atoms with Crippen molar-refractivity contribution in [3.05, 3.63) is 0 Å². The summed E-state index contributed by atoms with van der Waals surface area (Å²) in [7, 11) is 0. The summed E-state index contributed by atoms with van der Waals surface area (Å²) < 4.78 is 0. The van der Waals surface area contributed by atoms with Crippen molar-refractivity contribution < 1.29 is 14.7 Å². The highest BCUT2D eigenvalue weighted by atomic mass is 32.2. The average molecular weight is 286 g/mol. The first-order chi connectivity index (χ1) is 9.15. The van der Waals surface area contributed by atoms with E-state index in [1.165, 1.54) is 0 Å². The fraction of sp³-hybridized carbons (Fsp3) is 0.846. The normalized spacial score (nSPS) is 27.3. The van der Waals surface area contributed by atoms with Gasteiger partial charge >= 0.3 is 12.0 Å². The summed E-state index contributed by atoms with van der Waals surface area (Å²) in [6.07, 6.45) is 3.97. The van der Waals surface area contributed by atoms with Gasteiger partial charge in [0.1, 0.15) is 0 Å². The molecule has 2 aliphatic rings. The second kappa shape index (κ2) is 7.03. The Hall–Kier alpha value is -0.910. The Morgan fingerprint density at radius 1 is 1.37 bits per heavy atom. The highest BCUT2D eigenvalue weighted by molar-refractivity contribution is 7.99. The molecule has 0 bridgehead atoms. The lowest BCUT2D eigenvalue weighted by Gasteiger charge is -2.33. The number of thioether (sulfide) groups is 1. The molecule has 2 fully saturated rings. The van der Waals surface area contributed by atoms with E-state index in [9.17, 15) is 9.59 Å². The molecule has 2 heterocycles. The molecule has 0 saturated carbocycles. The predicted octanol–water partition coefficient (Wildman–Crippen LogP) is 1.78. The summed E-state index contributed by atoms with van der Waals surface area (Å²) in [6, 6.07) is 0.351. The van der Waals surface area contributed by atoms with Crippen molar-refractivity contribution in [2.75, 3.05) is 24.6 Å². The van der Waals surface area contributed by atoms with E-state index >= 15 is 0 Å². The molecule has 0 aromatic rings. The van der Waals surface area contributed by atoms with Crippen molar-refractivity contribution in [1.29, 1.82) is 0 Å². The van der Waals surface area contributed by atoms with E-state index in [0.717, 1.165) is 37.3 Å². The average Bonchev–Trinajstić information content (AvgIpc) is 2.89. The Bertz CT molecular complexity index is 332. The van der Waals surface area contributed by atoms with E-state index in [4.69, 9.17) is 5.11 Å². The smallest absolute Gasteiger partial charge is 0.317 e. The summed E-state index contributed by atoms with van der Waals surface area (Å²) in [6.45, 7) is 1.51. The molecular weight excluding hydrogens is 264 g/mol. The monoisotopic (exact) mass is 286 g/mol. The number of likely N-dealkylation sites (tertiary alicyclic amines) is 1. The van der Waals surface area contributed by atoms with Crippen LogP contribution in [0.5, 0.6) is 0 Å². The Labute approximate surface area is 118 Å². The highest BCUT2D eigenvalue weighted by Gasteiger charge is 2.26. The molecule has 5 nitrogen and oxygen atoms in total. The van der Waals surface area contributed by atoms with Crippen molar-refractivity contribution in [2.45, 2.75) is 38.1 Å². The maximum atomic E-state index is 12.1. The van der Waals surface area contributed by atoms with E-state index in [0.29, 0.717) is 24.9 Å². The minimum atomic E-state index is -0.746. The fourth-order valence-corrected chi connectivity index (χ4v) is 3.88. The number of carboxylic acids is 1. The number of amides is 2. The molecule has 0 aromatic carbocycles. The lowest BCUT2D eigenvalue weighted by Crippen LogP contribution is -2.48. The van der Waals surface area contributed by atoms with Crippen molar-refractivity contribution in [3.8, 4) is 0 Å². The number of rotatable bonds is 4. The predicted molar refractivity (Wildman–Crippen MR) is 75.4 cm³/mol. The van der Waals surface area contributed by atoms with E-state index in [-0.39, 0.29) is 12.5 Å². The van der Waals surface area contributed by atoms with Gasteiger partial charge in [-0.2, -0.15) is 11.8 Å². The third-order valence-corrected chi connectivity index (χ3v) is 4.99. The van der Waals surface area contributed by atoms with Crippen LogP contribution in [0.3, 0.4) is 0 Å². The van der Waals surface area contributed by atoms with Crippen molar-refractivity contribution in [3.63, 3.8) is 0 Å². The molecule has 2 saturated heterocycles. The molecule has 108 valence electrons. The second-order valence-electron chi connectivity index (χ2n) is 5.40. The van der Waals surface area contributed by atoms with Gasteiger partial charge in [-0.3, -0.25) is 4.79 Å². The number of urea groups is 1. The lowest BCUT2D eigenvalue weighted by molar-refractivity contribution is -0.137. The molecule has 6 heteroatoms. The van der Waals surface area contributed by atoms with E-state index in [2.05, 4.69) is 5.32 Å².